The van der Waals surface area contributed by atoms with Crippen molar-refractivity contribution < 1.29 is 19.1 Å². The molecule has 0 heterocycles. The standard InChI is InChI=1S/C14H19N3O4/c1-4-21-14(20)17-16-12(18)8-15-13(19)11-6-5-9(2)10(3)7-11/h5-7H,4,8H2,1-3H3,(H,15,19)(H,16,18)(H,17,20). The van der Waals surface area contributed by atoms with Crippen LogP contribution in [0.3, 0.4) is 0 Å². The van der Waals surface area contributed by atoms with Gasteiger partial charge in [0.2, 0.25) is 0 Å². The smallest absolute Gasteiger partial charge is 0.426 e. The van der Waals surface area contributed by atoms with Crippen LogP contribution in [-0.4, -0.2) is 31.1 Å². The van der Waals surface area contributed by atoms with E-state index < -0.39 is 12.0 Å². The van der Waals surface area contributed by atoms with Crippen LogP contribution in [0.15, 0.2) is 18.2 Å². The number of nitrogens with one attached hydrogen (secondary N) is 3. The van der Waals surface area contributed by atoms with E-state index in [1.165, 1.54) is 0 Å². The third kappa shape index (κ3) is 5.52. The second-order valence-electron chi connectivity index (χ2n) is 4.38. The molecule has 0 spiro atoms. The minimum atomic E-state index is -0.758. The highest BCUT2D eigenvalue weighted by molar-refractivity contribution is 5.96. The molecular formula is C14H19N3O4. The summed E-state index contributed by atoms with van der Waals surface area (Å²) < 4.78 is 4.56. The molecule has 0 aliphatic heterocycles. The van der Waals surface area contributed by atoms with Crippen molar-refractivity contribution in [1.82, 2.24) is 16.2 Å². The zero-order chi connectivity index (χ0) is 15.8. The van der Waals surface area contributed by atoms with Gasteiger partial charge in [-0.2, -0.15) is 0 Å². The van der Waals surface area contributed by atoms with Crippen molar-refractivity contribution in [3.8, 4) is 0 Å². The van der Waals surface area contributed by atoms with Crippen molar-refractivity contribution >= 4 is 17.9 Å². The van der Waals surface area contributed by atoms with E-state index in [2.05, 4.69) is 20.9 Å². The van der Waals surface area contributed by atoms with Crippen LogP contribution in [0.4, 0.5) is 4.79 Å². The molecule has 0 atom stereocenters. The van der Waals surface area contributed by atoms with Crippen molar-refractivity contribution in [2.45, 2.75) is 20.8 Å². The summed E-state index contributed by atoms with van der Waals surface area (Å²) >= 11 is 0. The molecule has 0 fully saturated rings. The van der Waals surface area contributed by atoms with Gasteiger partial charge in [0, 0.05) is 5.56 Å². The summed E-state index contributed by atoms with van der Waals surface area (Å²) in [6.07, 6.45) is -0.758. The lowest BCUT2D eigenvalue weighted by atomic mass is 10.1. The predicted molar refractivity (Wildman–Crippen MR) is 76.5 cm³/mol. The van der Waals surface area contributed by atoms with Crippen LogP contribution in [0.2, 0.25) is 0 Å². The molecule has 1 rings (SSSR count). The molecule has 21 heavy (non-hydrogen) atoms. The van der Waals surface area contributed by atoms with E-state index in [1.807, 2.05) is 19.9 Å². The summed E-state index contributed by atoms with van der Waals surface area (Å²) in [5.41, 5.74) is 6.73. The Balaban J connectivity index is 2.40. The summed E-state index contributed by atoms with van der Waals surface area (Å²) in [7, 11) is 0. The lowest BCUT2D eigenvalue weighted by Crippen LogP contribution is -2.46. The van der Waals surface area contributed by atoms with Gasteiger partial charge in [-0.3, -0.25) is 15.0 Å². The molecule has 0 saturated heterocycles. The van der Waals surface area contributed by atoms with Crippen LogP contribution in [-0.2, 0) is 9.53 Å². The minimum absolute atomic E-state index is 0.200. The molecular weight excluding hydrogens is 274 g/mol. The van der Waals surface area contributed by atoms with Gasteiger partial charge in [-0.05, 0) is 44.0 Å². The predicted octanol–water partition coefficient (Wildman–Crippen LogP) is 0.811. The summed E-state index contributed by atoms with van der Waals surface area (Å²) in [5, 5.41) is 2.46. The Hall–Kier alpha value is -2.57. The number of hydrogen-bond acceptors (Lipinski definition) is 4. The summed E-state index contributed by atoms with van der Waals surface area (Å²) in [6, 6.07) is 5.28. The molecule has 114 valence electrons. The quantitative estimate of drug-likeness (QED) is 0.716. The number of amides is 3. The Bertz CT molecular complexity index is 543. The van der Waals surface area contributed by atoms with E-state index >= 15 is 0 Å². The third-order valence-electron chi connectivity index (χ3n) is 2.76. The van der Waals surface area contributed by atoms with Crippen LogP contribution in [0.25, 0.3) is 0 Å². The monoisotopic (exact) mass is 293 g/mol. The maximum absolute atomic E-state index is 11.9. The molecule has 0 aromatic heterocycles. The van der Waals surface area contributed by atoms with E-state index in [1.54, 1.807) is 19.1 Å². The van der Waals surface area contributed by atoms with E-state index in [-0.39, 0.29) is 19.1 Å². The van der Waals surface area contributed by atoms with Gasteiger partial charge in [0.15, 0.2) is 0 Å². The SMILES string of the molecule is CCOC(=O)NNC(=O)CNC(=O)c1ccc(C)c(C)c1. The van der Waals surface area contributed by atoms with E-state index in [4.69, 9.17) is 0 Å². The third-order valence-corrected chi connectivity index (χ3v) is 2.76. The zero-order valence-corrected chi connectivity index (χ0v) is 12.3. The molecule has 7 heteroatoms. The van der Waals surface area contributed by atoms with Gasteiger partial charge in [-0.25, -0.2) is 10.2 Å². The summed E-state index contributed by atoms with van der Waals surface area (Å²) in [4.78, 5) is 34.2. The number of ether oxygens (including phenoxy) is 1. The fraction of sp³-hybridized carbons (Fsp3) is 0.357. The normalized spacial score (nSPS) is 9.67. The second kappa shape index (κ2) is 7.88. The first kappa shape index (κ1) is 16.5. The highest BCUT2D eigenvalue weighted by atomic mass is 16.5. The zero-order valence-electron chi connectivity index (χ0n) is 12.3. The van der Waals surface area contributed by atoms with Crippen molar-refractivity contribution in [3.05, 3.63) is 34.9 Å². The molecule has 0 unspecified atom stereocenters. The molecule has 0 aliphatic carbocycles. The number of hydrazine groups is 1. The Kier molecular flexibility index (Phi) is 6.19. The van der Waals surface area contributed by atoms with Gasteiger partial charge in [0.1, 0.15) is 0 Å². The summed E-state index contributed by atoms with van der Waals surface area (Å²) in [6.45, 7) is 5.45. The molecule has 1 aromatic carbocycles. The average Bonchev–Trinajstić information content (AvgIpc) is 2.45. The Morgan fingerprint density at radius 2 is 1.81 bits per heavy atom. The molecule has 1 aromatic rings. The largest absolute Gasteiger partial charge is 0.449 e. The first-order valence-corrected chi connectivity index (χ1v) is 6.51. The van der Waals surface area contributed by atoms with Crippen LogP contribution >= 0.6 is 0 Å². The Labute approximate surface area is 123 Å². The highest BCUT2D eigenvalue weighted by Crippen LogP contribution is 2.09. The van der Waals surface area contributed by atoms with Gasteiger partial charge < -0.3 is 10.1 Å². The highest BCUT2D eigenvalue weighted by Gasteiger charge is 2.09. The van der Waals surface area contributed by atoms with Crippen molar-refractivity contribution in [2.75, 3.05) is 13.2 Å². The van der Waals surface area contributed by atoms with Crippen molar-refractivity contribution in [2.24, 2.45) is 0 Å². The first-order valence-electron chi connectivity index (χ1n) is 6.51. The lowest BCUT2D eigenvalue weighted by molar-refractivity contribution is -0.121. The van der Waals surface area contributed by atoms with Crippen molar-refractivity contribution in [3.63, 3.8) is 0 Å². The molecule has 7 nitrogen and oxygen atoms in total. The van der Waals surface area contributed by atoms with E-state index in [0.717, 1.165) is 11.1 Å². The molecule has 0 radical (unpaired) electrons. The van der Waals surface area contributed by atoms with Gasteiger partial charge in [0.25, 0.3) is 11.8 Å². The van der Waals surface area contributed by atoms with Crippen LogP contribution < -0.4 is 16.2 Å². The Morgan fingerprint density at radius 3 is 2.43 bits per heavy atom. The second-order valence-corrected chi connectivity index (χ2v) is 4.38. The average molecular weight is 293 g/mol. The Morgan fingerprint density at radius 1 is 1.10 bits per heavy atom. The van der Waals surface area contributed by atoms with Gasteiger partial charge in [-0.1, -0.05) is 6.07 Å². The van der Waals surface area contributed by atoms with Gasteiger partial charge >= 0.3 is 6.09 Å². The maximum atomic E-state index is 11.9. The van der Waals surface area contributed by atoms with E-state index in [0.29, 0.717) is 5.56 Å². The van der Waals surface area contributed by atoms with Crippen LogP contribution in [0, 0.1) is 13.8 Å². The first-order chi connectivity index (χ1) is 9.93. The van der Waals surface area contributed by atoms with Crippen molar-refractivity contribution in [1.29, 1.82) is 0 Å². The lowest BCUT2D eigenvalue weighted by Gasteiger charge is -2.09. The number of carbonyl (C=O) groups is 3. The number of rotatable bonds is 4. The summed E-state index contributed by atoms with van der Waals surface area (Å²) in [5.74, 6) is -0.912. The number of hydrogen-bond donors (Lipinski definition) is 3. The minimum Gasteiger partial charge on any atom is -0.449 e. The fourth-order valence-electron chi connectivity index (χ4n) is 1.48. The molecule has 3 amide bonds. The number of carbonyl (C=O) groups excluding carboxylic acids is 3. The van der Waals surface area contributed by atoms with Crippen LogP contribution in [0.1, 0.15) is 28.4 Å². The topological polar surface area (TPSA) is 96.5 Å². The molecule has 0 aliphatic rings. The maximum Gasteiger partial charge on any atom is 0.426 e. The fourth-order valence-corrected chi connectivity index (χ4v) is 1.48. The van der Waals surface area contributed by atoms with E-state index in [9.17, 15) is 14.4 Å². The molecule has 3 N–H and O–H groups in total. The number of aryl methyl sites for hydroxylation is 2. The molecule has 0 saturated carbocycles. The van der Waals surface area contributed by atoms with Crippen LogP contribution in [0.5, 0.6) is 0 Å². The molecule has 0 bridgehead atoms. The van der Waals surface area contributed by atoms with Gasteiger partial charge in [-0.15, -0.1) is 0 Å². The van der Waals surface area contributed by atoms with Gasteiger partial charge in [0.05, 0.1) is 13.2 Å². The number of benzene rings is 1.